The predicted octanol–water partition coefficient (Wildman–Crippen LogP) is 0.626. The van der Waals surface area contributed by atoms with E-state index in [1.165, 1.54) is 30.7 Å². The monoisotopic (exact) mass is 336 g/mol. The van der Waals surface area contributed by atoms with Crippen molar-refractivity contribution in [1.29, 1.82) is 0 Å². The molecule has 0 aromatic carbocycles. The van der Waals surface area contributed by atoms with Crippen molar-refractivity contribution in [1.82, 2.24) is 9.55 Å². The van der Waals surface area contributed by atoms with Crippen molar-refractivity contribution < 1.29 is 19.1 Å². The summed E-state index contributed by atoms with van der Waals surface area (Å²) in [5.41, 5.74) is -0.760. The van der Waals surface area contributed by atoms with Crippen molar-refractivity contribution in [3.8, 4) is 0 Å². The summed E-state index contributed by atoms with van der Waals surface area (Å²) in [5, 5.41) is 0. The second-order valence-corrected chi connectivity index (χ2v) is 5.79. The zero-order valence-electron chi connectivity index (χ0n) is 13.6. The molecule has 3 unspecified atom stereocenters. The van der Waals surface area contributed by atoms with Crippen LogP contribution in [0, 0.1) is 5.92 Å². The van der Waals surface area contributed by atoms with Gasteiger partial charge >= 0.3 is 17.6 Å². The highest BCUT2D eigenvalue weighted by Gasteiger charge is 2.38. The number of nitrogens with zero attached hydrogens (tertiary/aromatic N) is 1. The molecule has 0 amide bonds. The molecule has 0 saturated heterocycles. The van der Waals surface area contributed by atoms with Crippen LogP contribution in [0.4, 0.5) is 0 Å². The first-order valence-corrected chi connectivity index (χ1v) is 7.60. The molecule has 1 aromatic heterocycles. The third kappa shape index (κ3) is 4.01. The number of ether oxygens (including phenoxy) is 2. The highest BCUT2D eigenvalue weighted by atomic mass is 16.6. The standard InChI is InChI=1S/C16H20N2O6/c1-4-11-7-18(16(22)17-15(11)21)13-5-12(8-23-9(2)19)14(6-13)24-10(3)20/h4,7,12-14H,1,5-6,8H2,2-3H3,(H,17,21,22). The molecule has 1 heterocycles. The first kappa shape index (κ1) is 17.7. The van der Waals surface area contributed by atoms with Crippen LogP contribution >= 0.6 is 0 Å². The Morgan fingerprint density at radius 2 is 2.04 bits per heavy atom. The first-order valence-electron chi connectivity index (χ1n) is 7.60. The van der Waals surface area contributed by atoms with E-state index in [1.807, 2.05) is 0 Å². The Morgan fingerprint density at radius 3 is 2.62 bits per heavy atom. The van der Waals surface area contributed by atoms with Crippen LogP contribution in [-0.2, 0) is 19.1 Å². The van der Waals surface area contributed by atoms with Gasteiger partial charge in [0, 0.05) is 38.4 Å². The molecule has 8 nitrogen and oxygen atoms in total. The molecule has 0 aliphatic heterocycles. The Kier molecular flexibility index (Phi) is 5.38. The number of esters is 2. The number of rotatable bonds is 5. The second kappa shape index (κ2) is 7.29. The van der Waals surface area contributed by atoms with Crippen LogP contribution < -0.4 is 11.2 Å². The molecule has 2 rings (SSSR count). The van der Waals surface area contributed by atoms with E-state index in [0.29, 0.717) is 12.8 Å². The van der Waals surface area contributed by atoms with E-state index in [0.717, 1.165) is 0 Å². The van der Waals surface area contributed by atoms with Crippen LogP contribution in [-0.4, -0.2) is 34.2 Å². The van der Waals surface area contributed by atoms with Crippen LogP contribution in [0.5, 0.6) is 0 Å². The third-order valence-corrected chi connectivity index (χ3v) is 4.03. The lowest BCUT2D eigenvalue weighted by molar-refractivity contribution is -0.151. The lowest BCUT2D eigenvalue weighted by atomic mass is 10.1. The fourth-order valence-corrected chi connectivity index (χ4v) is 2.96. The van der Waals surface area contributed by atoms with E-state index in [4.69, 9.17) is 9.47 Å². The van der Waals surface area contributed by atoms with Gasteiger partial charge in [0.05, 0.1) is 12.2 Å². The molecule has 1 aliphatic carbocycles. The zero-order valence-corrected chi connectivity index (χ0v) is 13.6. The number of H-pyrrole nitrogens is 1. The molecule has 130 valence electrons. The second-order valence-electron chi connectivity index (χ2n) is 5.79. The summed E-state index contributed by atoms with van der Waals surface area (Å²) in [7, 11) is 0. The Hall–Kier alpha value is -2.64. The van der Waals surface area contributed by atoms with Crippen LogP contribution in [0.15, 0.2) is 22.4 Å². The topological polar surface area (TPSA) is 107 Å². The molecule has 0 bridgehead atoms. The molecule has 24 heavy (non-hydrogen) atoms. The van der Waals surface area contributed by atoms with Gasteiger partial charge in [0.25, 0.3) is 5.56 Å². The van der Waals surface area contributed by atoms with E-state index < -0.39 is 29.3 Å². The Labute approximate surface area is 138 Å². The van der Waals surface area contributed by atoms with Gasteiger partial charge in [-0.15, -0.1) is 0 Å². The highest BCUT2D eigenvalue weighted by molar-refractivity contribution is 5.66. The molecule has 1 N–H and O–H groups in total. The number of aromatic nitrogens is 2. The largest absolute Gasteiger partial charge is 0.465 e. The summed E-state index contributed by atoms with van der Waals surface area (Å²) in [6.07, 6.45) is 3.22. The Morgan fingerprint density at radius 1 is 1.33 bits per heavy atom. The normalized spacial score (nSPS) is 22.8. The van der Waals surface area contributed by atoms with Crippen molar-refractivity contribution >= 4 is 18.0 Å². The van der Waals surface area contributed by atoms with E-state index in [1.54, 1.807) is 0 Å². The quantitative estimate of drug-likeness (QED) is 0.790. The van der Waals surface area contributed by atoms with Gasteiger partial charge < -0.3 is 9.47 Å². The molecule has 1 saturated carbocycles. The van der Waals surface area contributed by atoms with Gasteiger partial charge in [-0.3, -0.25) is 23.9 Å². The lowest BCUT2D eigenvalue weighted by Crippen LogP contribution is -2.32. The summed E-state index contributed by atoms with van der Waals surface area (Å²) in [6.45, 7) is 6.26. The van der Waals surface area contributed by atoms with Crippen LogP contribution in [0.25, 0.3) is 6.08 Å². The Bertz CT molecular complexity index is 763. The van der Waals surface area contributed by atoms with Gasteiger partial charge in [0.1, 0.15) is 6.10 Å². The van der Waals surface area contributed by atoms with Crippen molar-refractivity contribution in [3.63, 3.8) is 0 Å². The molecular weight excluding hydrogens is 316 g/mol. The predicted molar refractivity (Wildman–Crippen MR) is 85.4 cm³/mol. The smallest absolute Gasteiger partial charge is 0.328 e. The van der Waals surface area contributed by atoms with E-state index in [2.05, 4.69) is 11.6 Å². The first-order chi connectivity index (χ1) is 11.3. The van der Waals surface area contributed by atoms with E-state index in [-0.39, 0.29) is 24.1 Å². The number of nitrogens with one attached hydrogen (secondary N) is 1. The Balaban J connectivity index is 2.27. The molecule has 1 aromatic rings. The zero-order chi connectivity index (χ0) is 17.9. The van der Waals surface area contributed by atoms with Crippen LogP contribution in [0.1, 0.15) is 38.3 Å². The minimum atomic E-state index is -0.537. The molecule has 0 spiro atoms. The number of hydrogen-bond donors (Lipinski definition) is 1. The van der Waals surface area contributed by atoms with Crippen LogP contribution in [0.3, 0.4) is 0 Å². The average Bonchev–Trinajstić information content (AvgIpc) is 2.87. The van der Waals surface area contributed by atoms with Gasteiger partial charge in [-0.1, -0.05) is 12.7 Å². The molecule has 3 atom stereocenters. The SMILES string of the molecule is C=Cc1cn(C2CC(COC(C)=O)C(OC(C)=O)C2)c(=O)[nH]c1=O. The van der Waals surface area contributed by atoms with Crippen molar-refractivity contribution in [2.24, 2.45) is 5.92 Å². The number of hydrogen-bond acceptors (Lipinski definition) is 6. The van der Waals surface area contributed by atoms with Crippen molar-refractivity contribution in [2.45, 2.75) is 38.8 Å². The maximum absolute atomic E-state index is 12.1. The van der Waals surface area contributed by atoms with Gasteiger partial charge in [-0.2, -0.15) is 0 Å². The van der Waals surface area contributed by atoms with Gasteiger partial charge in [-0.05, 0) is 6.42 Å². The lowest BCUT2D eigenvalue weighted by Gasteiger charge is -2.18. The van der Waals surface area contributed by atoms with E-state index in [9.17, 15) is 19.2 Å². The summed E-state index contributed by atoms with van der Waals surface area (Å²) in [4.78, 5) is 48.2. The van der Waals surface area contributed by atoms with Crippen molar-refractivity contribution in [2.75, 3.05) is 6.61 Å². The maximum atomic E-state index is 12.1. The van der Waals surface area contributed by atoms with Gasteiger partial charge in [-0.25, -0.2) is 4.79 Å². The molecule has 1 aliphatic rings. The summed E-state index contributed by atoms with van der Waals surface area (Å²) < 4.78 is 11.7. The molecular formula is C16H20N2O6. The maximum Gasteiger partial charge on any atom is 0.328 e. The fourth-order valence-electron chi connectivity index (χ4n) is 2.96. The molecule has 8 heteroatoms. The summed E-state index contributed by atoms with van der Waals surface area (Å²) in [6, 6.07) is -0.280. The highest BCUT2D eigenvalue weighted by Crippen LogP contribution is 2.36. The number of carbonyl (C=O) groups is 2. The molecule has 1 fully saturated rings. The number of aromatic amines is 1. The minimum absolute atomic E-state index is 0.107. The van der Waals surface area contributed by atoms with Gasteiger partial charge in [0.2, 0.25) is 0 Å². The molecule has 0 radical (unpaired) electrons. The van der Waals surface area contributed by atoms with E-state index >= 15 is 0 Å². The van der Waals surface area contributed by atoms with Crippen LogP contribution in [0.2, 0.25) is 0 Å². The van der Waals surface area contributed by atoms with Crippen molar-refractivity contribution in [3.05, 3.63) is 39.2 Å². The fraction of sp³-hybridized carbons (Fsp3) is 0.500. The average molecular weight is 336 g/mol. The number of carbonyl (C=O) groups excluding carboxylic acids is 2. The minimum Gasteiger partial charge on any atom is -0.465 e. The van der Waals surface area contributed by atoms with Gasteiger partial charge in [0.15, 0.2) is 0 Å². The summed E-state index contributed by atoms with van der Waals surface area (Å²) >= 11 is 0. The summed E-state index contributed by atoms with van der Waals surface area (Å²) in [5.74, 6) is -1.07. The third-order valence-electron chi connectivity index (χ3n) is 4.03.